The van der Waals surface area contributed by atoms with Crippen LogP contribution in [0.25, 0.3) is 0 Å². The first-order valence-corrected chi connectivity index (χ1v) is 7.47. The average molecular weight is 248 g/mol. The fraction of sp³-hybridized carbons (Fsp3) is 0.900. The molecule has 1 fully saturated rings. The third-order valence-corrected chi connectivity index (χ3v) is 4.60. The van der Waals surface area contributed by atoms with Crippen LogP contribution in [0.1, 0.15) is 19.8 Å². The second kappa shape index (κ2) is 5.63. The fourth-order valence-electron chi connectivity index (χ4n) is 1.81. The summed E-state index contributed by atoms with van der Waals surface area (Å²) in [6.45, 7) is 2.96. The number of carbonyl (C=O) groups excluding carboxylic acids is 1. The van der Waals surface area contributed by atoms with E-state index in [0.717, 1.165) is 13.0 Å². The highest BCUT2D eigenvalue weighted by atomic mass is 32.2. The summed E-state index contributed by atoms with van der Waals surface area (Å²) in [5, 5.41) is 3.01. The van der Waals surface area contributed by atoms with Crippen molar-refractivity contribution in [2.45, 2.75) is 25.8 Å². The molecule has 1 aliphatic heterocycles. The molecule has 0 aromatic rings. The molecule has 1 N–H and O–H groups in total. The maximum Gasteiger partial charge on any atom is 0.239 e. The molecule has 1 atom stereocenters. The lowest BCUT2D eigenvalue weighted by Gasteiger charge is -2.12. The first-order valence-electron chi connectivity index (χ1n) is 5.65. The minimum atomic E-state index is -2.94. The number of sulfone groups is 1. The summed E-state index contributed by atoms with van der Waals surface area (Å²) in [4.78, 5) is 13.2. The first-order chi connectivity index (χ1) is 7.46. The van der Waals surface area contributed by atoms with Crippen molar-refractivity contribution in [3.05, 3.63) is 0 Å². The Morgan fingerprint density at radius 2 is 2.12 bits per heavy atom. The number of hydrogen-bond donors (Lipinski definition) is 1. The van der Waals surface area contributed by atoms with E-state index in [1.807, 2.05) is 6.92 Å². The summed E-state index contributed by atoms with van der Waals surface area (Å²) < 4.78 is 22.8. The van der Waals surface area contributed by atoms with Crippen molar-refractivity contribution in [2.75, 3.05) is 31.6 Å². The van der Waals surface area contributed by atoms with Crippen LogP contribution in [0, 0.1) is 0 Å². The van der Waals surface area contributed by atoms with E-state index in [9.17, 15) is 13.2 Å². The number of likely N-dealkylation sites (tertiary alicyclic amines) is 1. The van der Waals surface area contributed by atoms with Crippen molar-refractivity contribution in [1.29, 1.82) is 0 Å². The van der Waals surface area contributed by atoms with Gasteiger partial charge in [-0.05, 0) is 12.8 Å². The normalized spacial score (nSPS) is 21.8. The highest BCUT2D eigenvalue weighted by Gasteiger charge is 2.28. The molecular formula is C10H20N2O3S. The van der Waals surface area contributed by atoms with Crippen molar-refractivity contribution in [2.24, 2.45) is 0 Å². The molecule has 1 saturated heterocycles. The number of hydrogen-bond acceptors (Lipinski definition) is 4. The van der Waals surface area contributed by atoms with Gasteiger partial charge in [0.05, 0.1) is 11.8 Å². The molecule has 1 amide bonds. The van der Waals surface area contributed by atoms with E-state index in [1.54, 1.807) is 11.9 Å². The fourth-order valence-corrected chi connectivity index (χ4v) is 3.07. The Kier molecular flexibility index (Phi) is 4.73. The molecular weight excluding hydrogens is 228 g/mol. The zero-order valence-corrected chi connectivity index (χ0v) is 10.7. The molecule has 94 valence electrons. The monoisotopic (exact) mass is 248 g/mol. The number of nitrogens with one attached hydrogen (secondary N) is 1. The van der Waals surface area contributed by atoms with Gasteiger partial charge in [0, 0.05) is 25.9 Å². The molecule has 16 heavy (non-hydrogen) atoms. The molecule has 0 aromatic carbocycles. The molecule has 0 radical (unpaired) electrons. The van der Waals surface area contributed by atoms with E-state index in [4.69, 9.17) is 0 Å². The highest BCUT2D eigenvalue weighted by Crippen LogP contribution is 2.07. The van der Waals surface area contributed by atoms with E-state index in [1.165, 1.54) is 0 Å². The SMILES string of the molecule is CCCS(=O)(=O)CCNC1CCN(C)C1=O. The lowest BCUT2D eigenvalue weighted by Crippen LogP contribution is -2.39. The molecule has 0 spiro atoms. The zero-order chi connectivity index (χ0) is 12.2. The number of rotatable bonds is 6. The van der Waals surface area contributed by atoms with Gasteiger partial charge in [-0.3, -0.25) is 4.79 Å². The van der Waals surface area contributed by atoms with Gasteiger partial charge in [0.2, 0.25) is 5.91 Å². The number of nitrogens with zero attached hydrogens (tertiary/aromatic N) is 1. The molecule has 1 rings (SSSR count). The highest BCUT2D eigenvalue weighted by molar-refractivity contribution is 7.91. The van der Waals surface area contributed by atoms with Gasteiger partial charge in [0.1, 0.15) is 0 Å². The van der Waals surface area contributed by atoms with Crippen LogP contribution in [-0.2, 0) is 14.6 Å². The maximum atomic E-state index is 11.5. The lowest BCUT2D eigenvalue weighted by molar-refractivity contribution is -0.128. The van der Waals surface area contributed by atoms with Gasteiger partial charge >= 0.3 is 0 Å². The summed E-state index contributed by atoms with van der Waals surface area (Å²) in [7, 11) is -1.18. The van der Waals surface area contributed by atoms with Crippen LogP contribution >= 0.6 is 0 Å². The Morgan fingerprint density at radius 1 is 1.44 bits per heavy atom. The molecule has 1 heterocycles. The van der Waals surface area contributed by atoms with Gasteiger partial charge in [0.15, 0.2) is 9.84 Å². The minimum absolute atomic E-state index is 0.0629. The molecule has 0 aromatic heterocycles. The Bertz CT molecular complexity index is 340. The van der Waals surface area contributed by atoms with Crippen LogP contribution in [0.3, 0.4) is 0 Å². The number of carbonyl (C=O) groups is 1. The molecule has 0 bridgehead atoms. The standard InChI is InChI=1S/C10H20N2O3S/c1-3-7-16(14,15)8-5-11-9-4-6-12(2)10(9)13/h9,11H,3-8H2,1-2H3. The van der Waals surface area contributed by atoms with Crippen LogP contribution in [0.2, 0.25) is 0 Å². The van der Waals surface area contributed by atoms with Gasteiger partial charge in [-0.2, -0.15) is 0 Å². The third kappa shape index (κ3) is 3.75. The van der Waals surface area contributed by atoms with E-state index >= 15 is 0 Å². The van der Waals surface area contributed by atoms with Gasteiger partial charge in [0.25, 0.3) is 0 Å². The van der Waals surface area contributed by atoms with Crippen LogP contribution in [0.5, 0.6) is 0 Å². The van der Waals surface area contributed by atoms with E-state index < -0.39 is 9.84 Å². The van der Waals surface area contributed by atoms with Crippen LogP contribution in [0.15, 0.2) is 0 Å². The Labute approximate surface area is 97.1 Å². The van der Waals surface area contributed by atoms with Gasteiger partial charge in [-0.15, -0.1) is 0 Å². The summed E-state index contributed by atoms with van der Waals surface area (Å²) in [6.07, 6.45) is 1.41. The average Bonchev–Trinajstić information content (AvgIpc) is 2.49. The predicted molar refractivity (Wildman–Crippen MR) is 63.0 cm³/mol. The van der Waals surface area contributed by atoms with Crippen LogP contribution < -0.4 is 5.32 Å². The number of amides is 1. The second-order valence-corrected chi connectivity index (χ2v) is 6.51. The van der Waals surface area contributed by atoms with Crippen molar-refractivity contribution in [3.63, 3.8) is 0 Å². The molecule has 6 heteroatoms. The van der Waals surface area contributed by atoms with Gasteiger partial charge < -0.3 is 10.2 Å². The lowest BCUT2D eigenvalue weighted by atomic mass is 10.2. The Hall–Kier alpha value is -0.620. The van der Waals surface area contributed by atoms with E-state index in [2.05, 4.69) is 5.32 Å². The van der Waals surface area contributed by atoms with Gasteiger partial charge in [-0.25, -0.2) is 8.42 Å². The molecule has 0 aliphatic carbocycles. The number of likely N-dealkylation sites (N-methyl/N-ethyl adjacent to an activating group) is 1. The van der Waals surface area contributed by atoms with Crippen LogP contribution in [0.4, 0.5) is 0 Å². The summed E-state index contributed by atoms with van der Waals surface area (Å²) in [6, 6.07) is -0.193. The Morgan fingerprint density at radius 3 is 2.62 bits per heavy atom. The summed E-state index contributed by atoms with van der Waals surface area (Å²) in [5.74, 6) is 0.412. The van der Waals surface area contributed by atoms with Gasteiger partial charge in [-0.1, -0.05) is 6.92 Å². The van der Waals surface area contributed by atoms with Crippen molar-refractivity contribution in [3.8, 4) is 0 Å². The first kappa shape index (κ1) is 13.4. The van der Waals surface area contributed by atoms with E-state index in [-0.39, 0.29) is 23.5 Å². The van der Waals surface area contributed by atoms with Crippen LogP contribution in [-0.4, -0.2) is 56.9 Å². The Balaban J connectivity index is 2.29. The zero-order valence-electron chi connectivity index (χ0n) is 9.90. The summed E-state index contributed by atoms with van der Waals surface area (Å²) in [5.41, 5.74) is 0. The quantitative estimate of drug-likeness (QED) is 0.696. The summed E-state index contributed by atoms with van der Waals surface area (Å²) >= 11 is 0. The minimum Gasteiger partial charge on any atom is -0.344 e. The topological polar surface area (TPSA) is 66.5 Å². The molecule has 1 aliphatic rings. The smallest absolute Gasteiger partial charge is 0.239 e. The largest absolute Gasteiger partial charge is 0.344 e. The van der Waals surface area contributed by atoms with E-state index in [0.29, 0.717) is 13.0 Å². The molecule has 0 saturated carbocycles. The third-order valence-electron chi connectivity index (χ3n) is 2.75. The maximum absolute atomic E-state index is 11.5. The second-order valence-electron chi connectivity index (χ2n) is 4.21. The van der Waals surface area contributed by atoms with Crippen molar-refractivity contribution in [1.82, 2.24) is 10.2 Å². The molecule has 1 unspecified atom stereocenters. The predicted octanol–water partition coefficient (Wildman–Crippen LogP) is -0.368. The molecule has 5 nitrogen and oxygen atoms in total. The van der Waals surface area contributed by atoms with Crippen molar-refractivity contribution >= 4 is 15.7 Å². The van der Waals surface area contributed by atoms with Crippen molar-refractivity contribution < 1.29 is 13.2 Å².